The molecule has 3 nitrogen and oxygen atoms in total. The molecule has 0 N–H and O–H groups in total. The van der Waals surface area contributed by atoms with E-state index >= 15 is 0 Å². The van der Waals surface area contributed by atoms with Gasteiger partial charge in [-0.3, -0.25) is 0 Å². The Balaban J connectivity index is 2.54. The van der Waals surface area contributed by atoms with Crippen LogP contribution in [0.15, 0.2) is 12.4 Å². The number of aromatic nitrogens is 2. The first-order valence-corrected chi connectivity index (χ1v) is 3.87. The predicted molar refractivity (Wildman–Crippen MR) is 43.5 cm³/mol. The van der Waals surface area contributed by atoms with Crippen LogP contribution in [0.2, 0.25) is 0 Å². The van der Waals surface area contributed by atoms with Gasteiger partial charge in [-0.25, -0.2) is 4.98 Å². The van der Waals surface area contributed by atoms with E-state index in [-0.39, 0.29) is 0 Å². The Morgan fingerprint density at radius 3 is 3.09 bits per heavy atom. The number of ether oxygens (including phenoxy) is 1. The minimum absolute atomic E-state index is 0.747. The van der Waals surface area contributed by atoms with Crippen molar-refractivity contribution in [1.29, 1.82) is 0 Å². The largest absolute Gasteiger partial charge is 0.384 e. The van der Waals surface area contributed by atoms with Crippen molar-refractivity contribution in [3.63, 3.8) is 0 Å². The first-order chi connectivity index (χ1) is 5.38. The Morgan fingerprint density at radius 2 is 2.45 bits per heavy atom. The van der Waals surface area contributed by atoms with E-state index in [1.54, 1.807) is 7.11 Å². The molecule has 62 valence electrons. The maximum absolute atomic E-state index is 4.96. The highest BCUT2D eigenvalue weighted by Gasteiger charge is 1.98. The van der Waals surface area contributed by atoms with Gasteiger partial charge < -0.3 is 9.30 Å². The lowest BCUT2D eigenvalue weighted by Crippen LogP contribution is -2.04. The summed E-state index contributed by atoms with van der Waals surface area (Å²) in [7, 11) is 1.71. The molecule has 0 amide bonds. The Bertz CT molecular complexity index is 208. The average molecular weight is 154 g/mol. The summed E-state index contributed by atoms with van der Waals surface area (Å²) in [5, 5.41) is 0. The average Bonchev–Trinajstić information content (AvgIpc) is 2.47. The predicted octanol–water partition coefficient (Wildman–Crippen LogP) is 1.09. The Morgan fingerprint density at radius 1 is 1.64 bits per heavy atom. The number of hydrogen-bond donors (Lipinski definition) is 0. The lowest BCUT2D eigenvalue weighted by Gasteiger charge is -2.02. The van der Waals surface area contributed by atoms with Crippen molar-refractivity contribution in [3.8, 4) is 0 Å². The van der Waals surface area contributed by atoms with Gasteiger partial charge in [-0.1, -0.05) is 0 Å². The van der Waals surface area contributed by atoms with Gasteiger partial charge in [-0.05, 0) is 6.92 Å². The van der Waals surface area contributed by atoms with Crippen LogP contribution >= 0.6 is 0 Å². The van der Waals surface area contributed by atoms with Gasteiger partial charge in [0.05, 0.1) is 6.61 Å². The summed E-state index contributed by atoms with van der Waals surface area (Å²) < 4.78 is 7.09. The van der Waals surface area contributed by atoms with Crippen LogP contribution in [0.4, 0.5) is 0 Å². The zero-order chi connectivity index (χ0) is 8.10. The molecule has 0 fully saturated rings. The van der Waals surface area contributed by atoms with Crippen molar-refractivity contribution in [2.45, 2.75) is 19.9 Å². The summed E-state index contributed by atoms with van der Waals surface area (Å²) in [6.45, 7) is 3.84. The van der Waals surface area contributed by atoms with E-state index in [1.807, 2.05) is 12.4 Å². The third kappa shape index (κ3) is 2.05. The molecular formula is C8H14N2O. The van der Waals surface area contributed by atoms with Crippen molar-refractivity contribution in [2.24, 2.45) is 0 Å². The molecule has 1 aromatic rings. The third-order valence-corrected chi connectivity index (χ3v) is 1.67. The lowest BCUT2D eigenvalue weighted by atomic mass is 10.4. The van der Waals surface area contributed by atoms with Crippen molar-refractivity contribution in [2.75, 3.05) is 13.7 Å². The molecule has 1 aromatic heterocycles. The summed E-state index contributed by atoms with van der Waals surface area (Å²) in [6, 6.07) is 0. The molecule has 0 bridgehead atoms. The molecule has 1 heterocycles. The van der Waals surface area contributed by atoms with Crippen LogP contribution in [0.1, 0.15) is 12.7 Å². The zero-order valence-electron chi connectivity index (χ0n) is 7.08. The molecular weight excluding hydrogens is 140 g/mol. The second kappa shape index (κ2) is 4.13. The molecule has 0 aliphatic heterocycles. The van der Waals surface area contributed by atoms with E-state index in [4.69, 9.17) is 4.74 Å². The highest BCUT2D eigenvalue weighted by Crippen LogP contribution is 1.97. The second-order valence-corrected chi connectivity index (χ2v) is 2.37. The summed E-state index contributed by atoms with van der Waals surface area (Å²) >= 11 is 0. The molecule has 0 radical (unpaired) electrons. The molecule has 1 rings (SSSR count). The van der Waals surface area contributed by atoms with E-state index in [0.717, 1.165) is 25.4 Å². The summed E-state index contributed by atoms with van der Waals surface area (Å²) in [5.41, 5.74) is 0. The Labute approximate surface area is 67.0 Å². The minimum atomic E-state index is 0.747. The van der Waals surface area contributed by atoms with E-state index in [1.165, 1.54) is 0 Å². The maximum atomic E-state index is 4.96. The molecule has 0 aliphatic rings. The number of methoxy groups -OCH3 is 1. The molecule has 0 aromatic carbocycles. The van der Waals surface area contributed by atoms with Gasteiger partial charge in [0.2, 0.25) is 0 Å². The SMILES string of the molecule is CCn1ccnc1CCOC. The highest BCUT2D eigenvalue weighted by molar-refractivity contribution is 4.91. The lowest BCUT2D eigenvalue weighted by molar-refractivity contribution is 0.199. The topological polar surface area (TPSA) is 27.1 Å². The van der Waals surface area contributed by atoms with Gasteiger partial charge in [0.1, 0.15) is 5.82 Å². The van der Waals surface area contributed by atoms with Crippen LogP contribution < -0.4 is 0 Å². The standard InChI is InChI=1S/C8H14N2O/c1-3-10-6-5-9-8(10)4-7-11-2/h5-6H,3-4,7H2,1-2H3. The van der Waals surface area contributed by atoms with E-state index in [2.05, 4.69) is 16.5 Å². The maximum Gasteiger partial charge on any atom is 0.110 e. The van der Waals surface area contributed by atoms with Gasteiger partial charge in [0.15, 0.2) is 0 Å². The Hall–Kier alpha value is -0.830. The highest BCUT2D eigenvalue weighted by atomic mass is 16.5. The fourth-order valence-electron chi connectivity index (χ4n) is 1.05. The van der Waals surface area contributed by atoms with Crippen molar-refractivity contribution in [1.82, 2.24) is 9.55 Å². The summed E-state index contributed by atoms with van der Waals surface area (Å²) in [5.74, 6) is 1.11. The first-order valence-electron chi connectivity index (χ1n) is 3.87. The molecule has 0 atom stereocenters. The number of rotatable bonds is 4. The van der Waals surface area contributed by atoms with Gasteiger partial charge >= 0.3 is 0 Å². The third-order valence-electron chi connectivity index (χ3n) is 1.67. The molecule has 0 saturated carbocycles. The summed E-state index contributed by atoms with van der Waals surface area (Å²) in [6.07, 6.45) is 4.72. The molecule has 11 heavy (non-hydrogen) atoms. The van der Waals surface area contributed by atoms with Gasteiger partial charge in [-0.15, -0.1) is 0 Å². The quantitative estimate of drug-likeness (QED) is 0.649. The fourth-order valence-corrected chi connectivity index (χ4v) is 1.05. The fraction of sp³-hybridized carbons (Fsp3) is 0.625. The van der Waals surface area contributed by atoms with Crippen LogP contribution in [0, 0.1) is 0 Å². The monoisotopic (exact) mass is 154 g/mol. The van der Waals surface area contributed by atoms with Crippen LogP contribution in [0.5, 0.6) is 0 Å². The van der Waals surface area contributed by atoms with Gasteiger partial charge in [0, 0.05) is 32.5 Å². The van der Waals surface area contributed by atoms with Gasteiger partial charge in [-0.2, -0.15) is 0 Å². The second-order valence-electron chi connectivity index (χ2n) is 2.37. The smallest absolute Gasteiger partial charge is 0.110 e. The van der Waals surface area contributed by atoms with Crippen molar-refractivity contribution in [3.05, 3.63) is 18.2 Å². The van der Waals surface area contributed by atoms with Crippen LogP contribution in [-0.4, -0.2) is 23.3 Å². The molecule has 0 aliphatic carbocycles. The molecule has 0 spiro atoms. The number of hydrogen-bond acceptors (Lipinski definition) is 2. The Kier molecular flexibility index (Phi) is 3.11. The normalized spacial score (nSPS) is 10.4. The molecule has 0 saturated heterocycles. The number of imidazole rings is 1. The summed E-state index contributed by atoms with van der Waals surface area (Å²) in [4.78, 5) is 4.21. The van der Waals surface area contributed by atoms with Crippen molar-refractivity contribution >= 4 is 0 Å². The number of nitrogens with zero attached hydrogens (tertiary/aromatic N) is 2. The van der Waals surface area contributed by atoms with Crippen LogP contribution in [0.25, 0.3) is 0 Å². The minimum Gasteiger partial charge on any atom is -0.384 e. The first kappa shape index (κ1) is 8.27. The van der Waals surface area contributed by atoms with E-state index < -0.39 is 0 Å². The van der Waals surface area contributed by atoms with Crippen molar-refractivity contribution < 1.29 is 4.74 Å². The van der Waals surface area contributed by atoms with E-state index in [9.17, 15) is 0 Å². The number of aryl methyl sites for hydroxylation is 1. The zero-order valence-corrected chi connectivity index (χ0v) is 7.08. The van der Waals surface area contributed by atoms with Crippen LogP contribution in [-0.2, 0) is 17.7 Å². The van der Waals surface area contributed by atoms with E-state index in [0.29, 0.717) is 0 Å². The van der Waals surface area contributed by atoms with Crippen LogP contribution in [0.3, 0.4) is 0 Å². The molecule has 0 unspecified atom stereocenters. The molecule has 3 heteroatoms. The van der Waals surface area contributed by atoms with Gasteiger partial charge in [0.25, 0.3) is 0 Å².